The molecule has 1 aromatic heterocycles. The molecule has 0 bridgehead atoms. The van der Waals surface area contributed by atoms with Gasteiger partial charge in [-0.3, -0.25) is 0 Å². The number of hydrogen-bond donors (Lipinski definition) is 0. The lowest BCUT2D eigenvalue weighted by Crippen LogP contribution is -2.02. The molecule has 0 saturated carbocycles. The lowest BCUT2D eigenvalue weighted by atomic mass is 10.1. The average molecular weight is 375 g/mol. The van der Waals surface area contributed by atoms with Crippen LogP contribution in [0.25, 0.3) is 11.4 Å². The minimum Gasteiger partial charge on any atom is -0.248 e. The number of aryl methyl sites for hydroxylation is 1. The Bertz CT molecular complexity index is 717. The van der Waals surface area contributed by atoms with Gasteiger partial charge < -0.3 is 0 Å². The van der Waals surface area contributed by atoms with Gasteiger partial charge in [0, 0.05) is 9.13 Å². The van der Waals surface area contributed by atoms with E-state index >= 15 is 0 Å². The lowest BCUT2D eigenvalue weighted by Gasteiger charge is -2.04. The molecule has 20 heavy (non-hydrogen) atoms. The molecule has 0 aliphatic heterocycles. The van der Waals surface area contributed by atoms with Gasteiger partial charge in [0.15, 0.2) is 5.82 Å². The fraction of sp³-hybridized carbons (Fsp3) is 0.125. The van der Waals surface area contributed by atoms with Crippen LogP contribution >= 0.6 is 22.6 Å². The van der Waals surface area contributed by atoms with Crippen molar-refractivity contribution >= 4 is 22.6 Å². The van der Waals surface area contributed by atoms with Gasteiger partial charge in [-0.05, 0) is 52.8 Å². The summed E-state index contributed by atoms with van der Waals surface area (Å²) in [6.45, 7) is 2.87. The van der Waals surface area contributed by atoms with E-state index in [1.807, 2.05) is 4.68 Å². The van der Waals surface area contributed by atoms with Gasteiger partial charge in [-0.1, -0.05) is 36.4 Å². The SMILES string of the molecule is Cc1ccccc1Cn1cnc(-c2ccc(I)cc2)n1. The van der Waals surface area contributed by atoms with E-state index in [2.05, 4.69) is 88.1 Å². The summed E-state index contributed by atoms with van der Waals surface area (Å²) in [4.78, 5) is 4.39. The normalized spacial score (nSPS) is 10.7. The van der Waals surface area contributed by atoms with E-state index in [-0.39, 0.29) is 0 Å². The molecule has 3 nitrogen and oxygen atoms in total. The van der Waals surface area contributed by atoms with E-state index in [0.717, 1.165) is 17.9 Å². The number of nitrogens with zero attached hydrogens (tertiary/aromatic N) is 3. The Hall–Kier alpha value is -1.69. The third-order valence-electron chi connectivity index (χ3n) is 3.23. The van der Waals surface area contributed by atoms with Gasteiger partial charge in [0.1, 0.15) is 6.33 Å². The van der Waals surface area contributed by atoms with E-state index < -0.39 is 0 Å². The molecule has 0 saturated heterocycles. The predicted molar refractivity (Wildman–Crippen MR) is 88.5 cm³/mol. The molecule has 0 amide bonds. The molecule has 0 aliphatic carbocycles. The second-order valence-electron chi connectivity index (χ2n) is 4.70. The lowest BCUT2D eigenvalue weighted by molar-refractivity contribution is 0.684. The second-order valence-corrected chi connectivity index (χ2v) is 5.94. The molecule has 0 N–H and O–H groups in total. The smallest absolute Gasteiger partial charge is 0.181 e. The standard InChI is InChI=1S/C16H14IN3/c1-12-4-2-3-5-14(12)10-20-11-18-16(19-20)13-6-8-15(17)9-7-13/h2-9,11H,10H2,1H3. The zero-order valence-electron chi connectivity index (χ0n) is 11.1. The largest absolute Gasteiger partial charge is 0.248 e. The van der Waals surface area contributed by atoms with Gasteiger partial charge in [-0.15, -0.1) is 0 Å². The van der Waals surface area contributed by atoms with Gasteiger partial charge in [0.25, 0.3) is 0 Å². The first-order valence-electron chi connectivity index (χ1n) is 6.42. The van der Waals surface area contributed by atoms with Crippen molar-refractivity contribution in [1.29, 1.82) is 0 Å². The number of benzene rings is 2. The maximum absolute atomic E-state index is 4.55. The summed E-state index contributed by atoms with van der Waals surface area (Å²) in [5.74, 6) is 0.773. The molecule has 3 rings (SSSR count). The van der Waals surface area contributed by atoms with Crippen LogP contribution in [-0.2, 0) is 6.54 Å². The Labute approximate surface area is 131 Å². The molecule has 4 heteroatoms. The number of hydrogen-bond acceptors (Lipinski definition) is 2. The molecule has 0 unspecified atom stereocenters. The first kappa shape index (κ1) is 13.3. The number of aromatic nitrogens is 3. The van der Waals surface area contributed by atoms with E-state index in [1.54, 1.807) is 6.33 Å². The molecule has 0 spiro atoms. The number of rotatable bonds is 3. The highest BCUT2D eigenvalue weighted by atomic mass is 127. The molecular formula is C16H14IN3. The van der Waals surface area contributed by atoms with Crippen molar-refractivity contribution in [3.63, 3.8) is 0 Å². The molecule has 3 aromatic rings. The van der Waals surface area contributed by atoms with Crippen LogP contribution in [0.3, 0.4) is 0 Å². The minimum absolute atomic E-state index is 0.754. The third-order valence-corrected chi connectivity index (χ3v) is 3.95. The fourth-order valence-corrected chi connectivity index (χ4v) is 2.42. The first-order valence-corrected chi connectivity index (χ1v) is 7.50. The summed E-state index contributed by atoms with van der Waals surface area (Å²) in [5.41, 5.74) is 3.60. The highest BCUT2D eigenvalue weighted by Crippen LogP contribution is 2.16. The van der Waals surface area contributed by atoms with Crippen LogP contribution in [0.2, 0.25) is 0 Å². The van der Waals surface area contributed by atoms with Crippen LogP contribution in [-0.4, -0.2) is 14.8 Å². The van der Waals surface area contributed by atoms with Crippen molar-refractivity contribution in [2.75, 3.05) is 0 Å². The topological polar surface area (TPSA) is 30.7 Å². The van der Waals surface area contributed by atoms with Crippen molar-refractivity contribution in [3.05, 3.63) is 69.6 Å². The molecule has 2 aromatic carbocycles. The summed E-state index contributed by atoms with van der Waals surface area (Å²) in [6, 6.07) is 16.6. The Morgan fingerprint density at radius 2 is 1.80 bits per heavy atom. The molecule has 0 fully saturated rings. The van der Waals surface area contributed by atoms with Crippen LogP contribution in [0.4, 0.5) is 0 Å². The maximum atomic E-state index is 4.55. The van der Waals surface area contributed by atoms with Gasteiger partial charge in [-0.2, -0.15) is 5.10 Å². The first-order chi connectivity index (χ1) is 9.72. The Morgan fingerprint density at radius 1 is 1.05 bits per heavy atom. The minimum atomic E-state index is 0.754. The van der Waals surface area contributed by atoms with Crippen LogP contribution in [0.1, 0.15) is 11.1 Å². The molecule has 0 radical (unpaired) electrons. The van der Waals surface area contributed by atoms with Crippen LogP contribution in [0, 0.1) is 10.5 Å². The Kier molecular flexibility index (Phi) is 3.82. The highest BCUT2D eigenvalue weighted by molar-refractivity contribution is 14.1. The molecule has 100 valence electrons. The van der Waals surface area contributed by atoms with E-state index in [4.69, 9.17) is 0 Å². The Balaban J connectivity index is 1.84. The van der Waals surface area contributed by atoms with Crippen molar-refractivity contribution in [2.24, 2.45) is 0 Å². The van der Waals surface area contributed by atoms with E-state index in [1.165, 1.54) is 14.7 Å². The van der Waals surface area contributed by atoms with Gasteiger partial charge in [0.2, 0.25) is 0 Å². The molecule has 1 heterocycles. The van der Waals surface area contributed by atoms with Crippen molar-refractivity contribution < 1.29 is 0 Å². The Morgan fingerprint density at radius 3 is 2.55 bits per heavy atom. The quantitative estimate of drug-likeness (QED) is 0.650. The van der Waals surface area contributed by atoms with Crippen molar-refractivity contribution in [1.82, 2.24) is 14.8 Å². The van der Waals surface area contributed by atoms with Gasteiger partial charge in [-0.25, -0.2) is 9.67 Å². The van der Waals surface area contributed by atoms with Crippen LogP contribution in [0.15, 0.2) is 54.9 Å². The van der Waals surface area contributed by atoms with Gasteiger partial charge in [0.05, 0.1) is 6.54 Å². The maximum Gasteiger partial charge on any atom is 0.181 e. The summed E-state index contributed by atoms with van der Waals surface area (Å²) >= 11 is 2.29. The monoisotopic (exact) mass is 375 g/mol. The average Bonchev–Trinajstić information content (AvgIpc) is 2.91. The van der Waals surface area contributed by atoms with Gasteiger partial charge >= 0.3 is 0 Å². The predicted octanol–water partition coefficient (Wildman–Crippen LogP) is 3.91. The molecular weight excluding hydrogens is 361 g/mol. The zero-order chi connectivity index (χ0) is 13.9. The fourth-order valence-electron chi connectivity index (χ4n) is 2.06. The molecule has 0 atom stereocenters. The summed E-state index contributed by atoms with van der Waals surface area (Å²) < 4.78 is 3.10. The zero-order valence-corrected chi connectivity index (χ0v) is 13.3. The van der Waals surface area contributed by atoms with E-state index in [0.29, 0.717) is 0 Å². The van der Waals surface area contributed by atoms with Crippen LogP contribution in [0.5, 0.6) is 0 Å². The summed E-state index contributed by atoms with van der Waals surface area (Å²) in [7, 11) is 0. The van der Waals surface area contributed by atoms with Crippen molar-refractivity contribution in [2.45, 2.75) is 13.5 Å². The van der Waals surface area contributed by atoms with Crippen LogP contribution < -0.4 is 0 Å². The molecule has 0 aliphatic rings. The summed E-state index contributed by atoms with van der Waals surface area (Å²) in [6.07, 6.45) is 1.79. The number of halogens is 1. The van der Waals surface area contributed by atoms with E-state index in [9.17, 15) is 0 Å². The van der Waals surface area contributed by atoms with Crippen molar-refractivity contribution in [3.8, 4) is 11.4 Å². The third kappa shape index (κ3) is 2.90. The second kappa shape index (κ2) is 5.75. The highest BCUT2D eigenvalue weighted by Gasteiger charge is 2.05. The summed E-state index contributed by atoms with van der Waals surface area (Å²) in [5, 5.41) is 4.55.